The van der Waals surface area contributed by atoms with Crippen molar-refractivity contribution in [2.24, 2.45) is 0 Å². The van der Waals surface area contributed by atoms with E-state index in [1.54, 1.807) is 6.07 Å². The van der Waals surface area contributed by atoms with Crippen LogP contribution in [0.5, 0.6) is 0 Å². The van der Waals surface area contributed by atoms with Crippen molar-refractivity contribution < 1.29 is 22.7 Å². The molecule has 1 N–H and O–H groups in total. The highest BCUT2D eigenvalue weighted by Gasteiger charge is 2.35. The maximum Gasteiger partial charge on any atom is 0.418 e. The summed E-state index contributed by atoms with van der Waals surface area (Å²) < 4.78 is 42.6. The molecule has 1 amide bonds. The number of ether oxygens (including phenoxy) is 1. The van der Waals surface area contributed by atoms with E-state index in [1.807, 2.05) is 5.32 Å². The lowest BCUT2D eigenvalue weighted by molar-refractivity contribution is -0.136. The van der Waals surface area contributed by atoms with Crippen LogP contribution in [0.1, 0.15) is 18.1 Å². The molecule has 0 saturated carbocycles. The van der Waals surface area contributed by atoms with Gasteiger partial charge in [0.2, 0.25) is 0 Å². The number of alkyl halides is 3. The molecule has 0 aliphatic heterocycles. The Labute approximate surface area is 101 Å². The second kappa shape index (κ2) is 5.40. The van der Waals surface area contributed by atoms with E-state index in [0.29, 0.717) is 0 Å². The molecule has 1 rings (SSSR count). The van der Waals surface area contributed by atoms with Crippen molar-refractivity contribution in [2.75, 3.05) is 11.9 Å². The minimum absolute atomic E-state index is 0.0158. The van der Waals surface area contributed by atoms with E-state index in [2.05, 4.69) is 4.74 Å². The molecule has 0 unspecified atom stereocenters. The predicted octanol–water partition coefficient (Wildman–Crippen LogP) is 3.15. The molecule has 0 aromatic heterocycles. The van der Waals surface area contributed by atoms with Crippen LogP contribution in [-0.4, -0.2) is 12.7 Å². The van der Waals surface area contributed by atoms with Gasteiger partial charge in [-0.25, -0.2) is 4.79 Å². The Bertz CT molecular complexity index is 492. The Morgan fingerprint density at radius 3 is 2.67 bits per heavy atom. The number of rotatable bonds is 2. The Hall–Kier alpha value is -2.23. The fourth-order valence-electron chi connectivity index (χ4n) is 1.29. The van der Waals surface area contributed by atoms with E-state index in [9.17, 15) is 18.0 Å². The number of nitriles is 1. The van der Waals surface area contributed by atoms with Gasteiger partial charge in [-0.2, -0.15) is 18.4 Å². The van der Waals surface area contributed by atoms with Gasteiger partial charge in [-0.3, -0.25) is 5.32 Å². The Morgan fingerprint density at radius 1 is 1.50 bits per heavy atom. The first-order valence-corrected chi connectivity index (χ1v) is 4.94. The highest BCUT2D eigenvalue weighted by Crippen LogP contribution is 2.36. The molecular formula is C11H9F3N2O2. The summed E-state index contributed by atoms with van der Waals surface area (Å²) in [5, 5.41) is 10.7. The number of hydrogen-bond donors (Lipinski definition) is 1. The lowest BCUT2D eigenvalue weighted by Crippen LogP contribution is -2.18. The lowest BCUT2D eigenvalue weighted by atomic mass is 10.1. The van der Waals surface area contributed by atoms with Crippen LogP contribution in [0, 0.1) is 11.3 Å². The van der Waals surface area contributed by atoms with Gasteiger partial charge in [0.25, 0.3) is 0 Å². The third-order valence-corrected chi connectivity index (χ3v) is 1.99. The van der Waals surface area contributed by atoms with Crippen LogP contribution in [0.2, 0.25) is 0 Å². The van der Waals surface area contributed by atoms with Gasteiger partial charge in [0.05, 0.1) is 23.4 Å². The van der Waals surface area contributed by atoms with Crippen LogP contribution in [-0.2, 0) is 10.9 Å². The van der Waals surface area contributed by atoms with E-state index < -0.39 is 23.5 Å². The summed E-state index contributed by atoms with van der Waals surface area (Å²) in [5.74, 6) is 0. The molecule has 1 aromatic carbocycles. The largest absolute Gasteiger partial charge is 0.450 e. The second-order valence-electron chi connectivity index (χ2n) is 3.18. The number of hydrogen-bond acceptors (Lipinski definition) is 3. The highest BCUT2D eigenvalue weighted by atomic mass is 19.4. The first kappa shape index (κ1) is 13.8. The lowest BCUT2D eigenvalue weighted by Gasteiger charge is -2.14. The average molecular weight is 258 g/mol. The molecule has 96 valence electrons. The molecule has 0 bridgehead atoms. The van der Waals surface area contributed by atoms with Gasteiger partial charge in [-0.15, -0.1) is 0 Å². The fraction of sp³-hybridized carbons (Fsp3) is 0.273. The van der Waals surface area contributed by atoms with Crippen LogP contribution < -0.4 is 5.32 Å². The summed E-state index contributed by atoms with van der Waals surface area (Å²) >= 11 is 0. The summed E-state index contributed by atoms with van der Waals surface area (Å²) in [6.45, 7) is 1.53. The number of amides is 1. The zero-order valence-electron chi connectivity index (χ0n) is 9.34. The van der Waals surface area contributed by atoms with Crippen molar-refractivity contribution >= 4 is 11.8 Å². The SMILES string of the molecule is CCOC(=O)Nc1c(C#N)cccc1C(F)(F)F. The first-order valence-electron chi connectivity index (χ1n) is 4.94. The summed E-state index contributed by atoms with van der Waals surface area (Å²) in [4.78, 5) is 11.1. The molecule has 0 aliphatic rings. The summed E-state index contributed by atoms with van der Waals surface area (Å²) in [6, 6.07) is 4.64. The van der Waals surface area contributed by atoms with Crippen LogP contribution in [0.15, 0.2) is 18.2 Å². The van der Waals surface area contributed by atoms with Crippen molar-refractivity contribution in [3.63, 3.8) is 0 Å². The number of halogens is 3. The van der Waals surface area contributed by atoms with Gasteiger partial charge in [0.15, 0.2) is 0 Å². The van der Waals surface area contributed by atoms with Crippen molar-refractivity contribution in [3.05, 3.63) is 29.3 Å². The molecule has 0 saturated heterocycles. The van der Waals surface area contributed by atoms with Crippen LogP contribution >= 0.6 is 0 Å². The van der Waals surface area contributed by atoms with Gasteiger partial charge in [-0.05, 0) is 19.1 Å². The number of carbonyl (C=O) groups excluding carboxylic acids is 1. The standard InChI is InChI=1S/C11H9F3N2O2/c1-2-18-10(17)16-9-7(6-15)4-3-5-8(9)11(12,13)14/h3-5H,2H2,1H3,(H,16,17). The molecule has 18 heavy (non-hydrogen) atoms. The molecule has 0 heterocycles. The van der Waals surface area contributed by atoms with Crippen LogP contribution in [0.25, 0.3) is 0 Å². The van der Waals surface area contributed by atoms with E-state index in [0.717, 1.165) is 12.1 Å². The quantitative estimate of drug-likeness (QED) is 0.886. The van der Waals surface area contributed by atoms with E-state index in [1.165, 1.54) is 13.0 Å². The number of nitrogens with zero attached hydrogens (tertiary/aromatic N) is 1. The average Bonchev–Trinajstić information content (AvgIpc) is 2.28. The number of nitrogens with one attached hydrogen (secondary N) is 1. The number of para-hydroxylation sites is 1. The minimum atomic E-state index is -4.66. The zero-order chi connectivity index (χ0) is 13.8. The maximum atomic E-state index is 12.7. The van der Waals surface area contributed by atoms with Crippen LogP contribution in [0.4, 0.5) is 23.7 Å². The number of benzene rings is 1. The van der Waals surface area contributed by atoms with Crippen molar-refractivity contribution in [2.45, 2.75) is 13.1 Å². The normalized spacial score (nSPS) is 10.6. The zero-order valence-corrected chi connectivity index (χ0v) is 9.34. The first-order chi connectivity index (χ1) is 8.40. The molecule has 0 aliphatic carbocycles. The second-order valence-corrected chi connectivity index (χ2v) is 3.18. The Morgan fingerprint density at radius 2 is 2.17 bits per heavy atom. The van der Waals surface area contributed by atoms with Crippen molar-refractivity contribution in [1.29, 1.82) is 5.26 Å². The minimum Gasteiger partial charge on any atom is -0.450 e. The monoisotopic (exact) mass is 258 g/mol. The maximum absolute atomic E-state index is 12.7. The van der Waals surface area contributed by atoms with Crippen LogP contribution in [0.3, 0.4) is 0 Å². The topological polar surface area (TPSA) is 62.1 Å². The van der Waals surface area contributed by atoms with Gasteiger partial charge < -0.3 is 4.74 Å². The molecule has 0 radical (unpaired) electrons. The fourth-order valence-corrected chi connectivity index (χ4v) is 1.29. The molecule has 0 atom stereocenters. The Kier molecular flexibility index (Phi) is 4.15. The molecule has 4 nitrogen and oxygen atoms in total. The molecular weight excluding hydrogens is 249 g/mol. The van der Waals surface area contributed by atoms with Gasteiger partial charge in [-0.1, -0.05) is 6.07 Å². The highest BCUT2D eigenvalue weighted by molar-refractivity contribution is 5.88. The predicted molar refractivity (Wildman–Crippen MR) is 56.8 cm³/mol. The molecule has 0 fully saturated rings. The van der Waals surface area contributed by atoms with Gasteiger partial charge in [0.1, 0.15) is 6.07 Å². The molecule has 7 heteroatoms. The van der Waals surface area contributed by atoms with E-state index in [4.69, 9.17) is 5.26 Å². The number of carbonyl (C=O) groups is 1. The smallest absolute Gasteiger partial charge is 0.418 e. The van der Waals surface area contributed by atoms with Crippen molar-refractivity contribution in [1.82, 2.24) is 0 Å². The van der Waals surface area contributed by atoms with Gasteiger partial charge >= 0.3 is 12.3 Å². The van der Waals surface area contributed by atoms with Crippen molar-refractivity contribution in [3.8, 4) is 6.07 Å². The third kappa shape index (κ3) is 3.13. The third-order valence-electron chi connectivity index (χ3n) is 1.99. The summed E-state index contributed by atoms with van der Waals surface area (Å²) in [5.41, 5.74) is -1.96. The summed E-state index contributed by atoms with van der Waals surface area (Å²) in [7, 11) is 0. The van der Waals surface area contributed by atoms with E-state index in [-0.39, 0.29) is 12.2 Å². The number of anilines is 1. The molecule has 1 aromatic rings. The van der Waals surface area contributed by atoms with E-state index >= 15 is 0 Å². The Balaban J connectivity index is 3.22. The summed E-state index contributed by atoms with van der Waals surface area (Å²) in [6.07, 6.45) is -5.70. The van der Waals surface area contributed by atoms with Gasteiger partial charge in [0, 0.05) is 0 Å². The molecule has 0 spiro atoms.